The van der Waals surface area contributed by atoms with Gasteiger partial charge in [0.15, 0.2) is 0 Å². The maximum absolute atomic E-state index is 10.5. The number of allylic oxidation sites excluding steroid dienone is 1. The molecule has 1 aliphatic heterocycles. The number of hydrogen-bond donors (Lipinski definition) is 2. The van der Waals surface area contributed by atoms with Gasteiger partial charge in [0.2, 0.25) is 0 Å². The topological polar surface area (TPSA) is 75.9 Å². The number of piperidine rings is 1. The number of rotatable bonds is 4. The van der Waals surface area contributed by atoms with Gasteiger partial charge in [-0.15, -0.1) is 0 Å². The number of hydrogen-bond acceptors (Lipinski definition) is 5. The zero-order chi connectivity index (χ0) is 19.1. The fourth-order valence-electron chi connectivity index (χ4n) is 4.14. The molecule has 5 rings (SSSR count). The van der Waals surface area contributed by atoms with E-state index in [2.05, 4.69) is 26.8 Å². The van der Waals surface area contributed by atoms with Crippen molar-refractivity contribution in [3.05, 3.63) is 61.6 Å². The van der Waals surface area contributed by atoms with Crippen LogP contribution in [0.5, 0.6) is 5.75 Å². The van der Waals surface area contributed by atoms with E-state index in [1.807, 2.05) is 22.9 Å². The number of aromatic nitrogens is 4. The van der Waals surface area contributed by atoms with Gasteiger partial charge in [0.25, 0.3) is 0 Å². The van der Waals surface area contributed by atoms with E-state index in [1.165, 1.54) is 12.8 Å². The number of nitrogens with zero attached hydrogens (tertiary/aromatic N) is 4. The zero-order valence-electron chi connectivity index (χ0n) is 15.7. The van der Waals surface area contributed by atoms with Crippen molar-refractivity contribution in [3.8, 4) is 22.7 Å². The van der Waals surface area contributed by atoms with E-state index < -0.39 is 0 Å². The molecule has 1 aliphatic carbocycles. The van der Waals surface area contributed by atoms with E-state index in [0.29, 0.717) is 22.7 Å². The standard InChI is InChI=1S/C22H23N5O/c1-15(16-4-7-26-22(11-16)5-6-22)19-12-25-20(13-24-19)18-3-2-17(10-21(18)28)27-9-8-23-14-27/h2-3,8-10,12-14,16,26,28H,1,4-7,11H2. The first-order valence-electron chi connectivity index (χ1n) is 9.72. The van der Waals surface area contributed by atoms with Crippen molar-refractivity contribution in [2.75, 3.05) is 6.54 Å². The SMILES string of the molecule is C=C(c1cnc(-c2ccc(-n3ccnc3)cc2O)cn1)C1CCNC2(CC2)C1. The Morgan fingerprint density at radius 3 is 2.82 bits per heavy atom. The van der Waals surface area contributed by atoms with Crippen molar-refractivity contribution in [1.82, 2.24) is 24.8 Å². The molecule has 1 saturated carbocycles. The summed E-state index contributed by atoms with van der Waals surface area (Å²) in [6.07, 6.45) is 13.5. The molecular weight excluding hydrogens is 350 g/mol. The summed E-state index contributed by atoms with van der Waals surface area (Å²) in [5, 5.41) is 14.1. The van der Waals surface area contributed by atoms with Crippen molar-refractivity contribution in [1.29, 1.82) is 0 Å². The minimum absolute atomic E-state index is 0.168. The van der Waals surface area contributed by atoms with Crippen LogP contribution in [0.15, 0.2) is 55.9 Å². The monoisotopic (exact) mass is 373 g/mol. The molecule has 0 bridgehead atoms. The average molecular weight is 373 g/mol. The van der Waals surface area contributed by atoms with Gasteiger partial charge in [-0.1, -0.05) is 6.58 Å². The first-order chi connectivity index (χ1) is 13.6. The quantitative estimate of drug-likeness (QED) is 0.731. The number of aromatic hydroxyl groups is 1. The molecule has 6 nitrogen and oxygen atoms in total. The summed E-state index contributed by atoms with van der Waals surface area (Å²) in [4.78, 5) is 13.2. The number of phenolic OH excluding ortho intramolecular Hbond substituents is 1. The van der Waals surface area contributed by atoms with Crippen molar-refractivity contribution in [2.24, 2.45) is 5.92 Å². The maximum Gasteiger partial charge on any atom is 0.127 e. The Morgan fingerprint density at radius 2 is 2.14 bits per heavy atom. The minimum atomic E-state index is 0.168. The Kier molecular flexibility index (Phi) is 4.02. The van der Waals surface area contributed by atoms with Crippen molar-refractivity contribution in [2.45, 2.75) is 31.2 Å². The molecule has 0 radical (unpaired) electrons. The number of benzene rings is 1. The molecule has 1 unspecified atom stereocenters. The van der Waals surface area contributed by atoms with E-state index in [4.69, 9.17) is 0 Å². The molecule has 1 spiro atoms. The second-order valence-corrected chi connectivity index (χ2v) is 7.88. The smallest absolute Gasteiger partial charge is 0.127 e. The summed E-state index contributed by atoms with van der Waals surface area (Å²) in [5.74, 6) is 0.632. The Labute approximate surface area is 164 Å². The minimum Gasteiger partial charge on any atom is -0.507 e. The Balaban J connectivity index is 1.35. The van der Waals surface area contributed by atoms with Crippen LogP contribution in [0.3, 0.4) is 0 Å². The molecule has 3 aromatic rings. The molecule has 2 N–H and O–H groups in total. The zero-order valence-corrected chi connectivity index (χ0v) is 15.7. The van der Waals surface area contributed by atoms with Gasteiger partial charge in [0.1, 0.15) is 5.75 Å². The summed E-state index contributed by atoms with van der Waals surface area (Å²) < 4.78 is 1.84. The predicted molar refractivity (Wildman–Crippen MR) is 108 cm³/mol. The molecule has 3 heterocycles. The van der Waals surface area contributed by atoms with Crippen LogP contribution in [-0.2, 0) is 0 Å². The largest absolute Gasteiger partial charge is 0.507 e. The highest BCUT2D eigenvalue weighted by Gasteiger charge is 2.46. The highest BCUT2D eigenvalue weighted by molar-refractivity contribution is 5.69. The van der Waals surface area contributed by atoms with E-state index >= 15 is 0 Å². The van der Waals surface area contributed by atoms with Crippen LogP contribution in [0, 0.1) is 5.92 Å². The summed E-state index contributed by atoms with van der Waals surface area (Å²) >= 11 is 0. The fraction of sp³-hybridized carbons (Fsp3) is 0.318. The van der Waals surface area contributed by atoms with Crippen LogP contribution < -0.4 is 5.32 Å². The van der Waals surface area contributed by atoms with Crippen LogP contribution in [-0.4, -0.2) is 36.7 Å². The molecule has 2 aromatic heterocycles. The van der Waals surface area contributed by atoms with E-state index in [1.54, 1.807) is 31.0 Å². The van der Waals surface area contributed by atoms with Gasteiger partial charge in [0, 0.05) is 29.6 Å². The molecule has 2 fully saturated rings. The third-order valence-corrected chi connectivity index (χ3v) is 6.02. The summed E-state index contributed by atoms with van der Waals surface area (Å²) in [6.45, 7) is 5.36. The summed E-state index contributed by atoms with van der Waals surface area (Å²) in [6, 6.07) is 5.48. The van der Waals surface area contributed by atoms with Gasteiger partial charge in [0.05, 0.1) is 35.8 Å². The van der Waals surface area contributed by atoms with Gasteiger partial charge in [-0.2, -0.15) is 0 Å². The van der Waals surface area contributed by atoms with Crippen molar-refractivity contribution in [3.63, 3.8) is 0 Å². The van der Waals surface area contributed by atoms with Crippen LogP contribution >= 0.6 is 0 Å². The molecule has 1 aromatic carbocycles. The molecular formula is C22H23N5O. The van der Waals surface area contributed by atoms with Gasteiger partial charge >= 0.3 is 0 Å². The normalized spacial score (nSPS) is 20.2. The predicted octanol–water partition coefficient (Wildman–Crippen LogP) is 3.58. The third kappa shape index (κ3) is 3.10. The Bertz CT molecular complexity index is 1010. The lowest BCUT2D eigenvalue weighted by molar-refractivity contribution is 0.335. The molecule has 142 valence electrons. The average Bonchev–Trinajstić information content (AvgIpc) is 3.24. The van der Waals surface area contributed by atoms with E-state index in [9.17, 15) is 5.11 Å². The number of nitrogens with one attached hydrogen (secondary N) is 1. The summed E-state index contributed by atoms with van der Waals surface area (Å²) in [7, 11) is 0. The van der Waals surface area contributed by atoms with Crippen molar-refractivity contribution < 1.29 is 5.11 Å². The fourth-order valence-corrected chi connectivity index (χ4v) is 4.14. The lowest BCUT2D eigenvalue weighted by atomic mass is 9.84. The first kappa shape index (κ1) is 17.1. The number of phenols is 1. The van der Waals surface area contributed by atoms with Gasteiger partial charge in [-0.05, 0) is 55.9 Å². The molecule has 2 aliphatic rings. The highest BCUT2D eigenvalue weighted by Crippen LogP contribution is 2.46. The van der Waals surface area contributed by atoms with Crippen LogP contribution in [0.25, 0.3) is 22.5 Å². The van der Waals surface area contributed by atoms with Crippen molar-refractivity contribution >= 4 is 5.57 Å². The molecule has 6 heteroatoms. The van der Waals surface area contributed by atoms with Gasteiger partial charge in [-0.3, -0.25) is 9.97 Å². The van der Waals surface area contributed by atoms with Crippen LogP contribution in [0.1, 0.15) is 31.4 Å². The van der Waals surface area contributed by atoms with Crippen LogP contribution in [0.4, 0.5) is 0 Å². The van der Waals surface area contributed by atoms with Gasteiger partial charge < -0.3 is 15.0 Å². The second kappa shape index (κ2) is 6.56. The molecule has 1 saturated heterocycles. The molecule has 28 heavy (non-hydrogen) atoms. The van der Waals surface area contributed by atoms with Gasteiger partial charge in [-0.25, -0.2) is 4.98 Å². The maximum atomic E-state index is 10.5. The second-order valence-electron chi connectivity index (χ2n) is 7.88. The van der Waals surface area contributed by atoms with E-state index in [-0.39, 0.29) is 5.75 Å². The molecule has 1 atom stereocenters. The summed E-state index contributed by atoms with van der Waals surface area (Å²) in [5.41, 5.74) is 4.44. The van der Waals surface area contributed by atoms with Crippen LogP contribution in [0.2, 0.25) is 0 Å². The molecule has 0 amide bonds. The Hall–Kier alpha value is -2.99. The lowest BCUT2D eigenvalue weighted by Gasteiger charge is -2.31. The lowest BCUT2D eigenvalue weighted by Crippen LogP contribution is -2.40. The Morgan fingerprint density at radius 1 is 1.25 bits per heavy atom. The van der Waals surface area contributed by atoms with E-state index in [0.717, 1.165) is 36.3 Å². The highest BCUT2D eigenvalue weighted by atomic mass is 16.3. The first-order valence-corrected chi connectivity index (χ1v) is 9.72. The number of imidazole rings is 1. The third-order valence-electron chi connectivity index (χ3n) is 6.02.